The second kappa shape index (κ2) is 16.7. The molecule has 3 fully saturated rings. The Morgan fingerprint density at radius 3 is 2.57 bits per heavy atom. The number of nitrogens with zero attached hydrogens (tertiary/aromatic N) is 2. The van der Waals surface area contributed by atoms with Crippen LogP contribution in [0.25, 0.3) is 10.9 Å². The number of alkyl carbamates (subject to hydrolysis) is 1. The zero-order chi connectivity index (χ0) is 38.6. The Balaban J connectivity index is 1.30. The number of aromatic nitrogens is 1. The van der Waals surface area contributed by atoms with E-state index in [2.05, 4.69) is 31.5 Å². The maximum Gasteiger partial charge on any atom is 0.407 e. The minimum absolute atomic E-state index is 0.0210. The molecule has 2 aromatic rings. The molecule has 0 radical (unpaired) electrons. The van der Waals surface area contributed by atoms with Crippen LogP contribution in [0, 0.1) is 5.92 Å². The molecule has 2 aliphatic carbocycles. The van der Waals surface area contributed by atoms with Crippen molar-refractivity contribution in [2.75, 3.05) is 26.5 Å². The second-order valence-corrected chi connectivity index (χ2v) is 17.0. The number of carbonyl (C=O) groups excluding carboxylic acids is 4. The number of fused-ring (bicyclic) bond motifs is 3. The Kier molecular flexibility index (Phi) is 12.2. The van der Waals surface area contributed by atoms with Gasteiger partial charge in [-0.05, 0) is 86.4 Å². The molecule has 0 unspecified atom stereocenters. The van der Waals surface area contributed by atoms with Crippen LogP contribution in [-0.2, 0) is 29.1 Å². The minimum atomic E-state index is -3.93. The quantitative estimate of drug-likeness (QED) is 0.306. The summed E-state index contributed by atoms with van der Waals surface area (Å²) in [5, 5.41) is 6.39. The van der Waals surface area contributed by atoms with E-state index >= 15 is 0 Å². The fourth-order valence-corrected chi connectivity index (χ4v) is 8.73. The molecule has 5 atom stereocenters. The normalized spacial score (nSPS) is 27.1. The molecule has 0 bridgehead atoms. The third-order valence-electron chi connectivity index (χ3n) is 10.4. The number of benzene rings is 1. The highest BCUT2D eigenvalue weighted by atomic mass is 79.9. The topological polar surface area (TPSA) is 192 Å². The van der Waals surface area contributed by atoms with Gasteiger partial charge in [0.1, 0.15) is 35.3 Å². The zero-order valence-electron chi connectivity index (χ0n) is 30.7. The molecule has 54 heavy (non-hydrogen) atoms. The predicted octanol–water partition coefficient (Wildman–Crippen LogP) is 4.26. The molecule has 17 heteroatoms. The Labute approximate surface area is 323 Å². The van der Waals surface area contributed by atoms with Crippen LogP contribution in [0.2, 0.25) is 0 Å². The standard InChI is InChI=1S/C37H48BrN5O10S/c1-4-51-30-19-29(26-15-16-28(50-2)32(38)33(26)40-30)52-25-18-27-34(45)41-37(35(46)42-54(3,48)49)20-22(37)11-7-5-6-8-12-23(17-31(44)43(27)21-25)39-36(47)53-24-13-9-10-14-24/h7,11,15-16,19,22-25,27H,4-6,8-10,12-14,17-18,20-21H2,1-3H3,(H,39,47)(H,41,45)(H,42,46)/b11-7-/t22-,23-,25+,27-,37+/m0/s1. The Bertz CT molecular complexity index is 1900. The van der Waals surface area contributed by atoms with Crippen LogP contribution in [0.4, 0.5) is 4.79 Å². The molecule has 0 spiro atoms. The lowest BCUT2D eigenvalue weighted by atomic mass is 10.0. The number of hydrogen-bond donors (Lipinski definition) is 3. The van der Waals surface area contributed by atoms with Gasteiger partial charge >= 0.3 is 6.09 Å². The fourth-order valence-electron chi connectivity index (χ4n) is 7.62. The fraction of sp³-hybridized carbons (Fsp3) is 0.595. The van der Waals surface area contributed by atoms with E-state index in [1.807, 2.05) is 23.8 Å². The molecule has 1 aromatic heterocycles. The van der Waals surface area contributed by atoms with Crippen LogP contribution >= 0.6 is 15.9 Å². The van der Waals surface area contributed by atoms with E-state index < -0.39 is 57.6 Å². The molecule has 2 aliphatic heterocycles. The average Bonchev–Trinajstić information content (AvgIpc) is 3.38. The molecule has 6 rings (SSSR count). The van der Waals surface area contributed by atoms with Crippen molar-refractivity contribution in [3.8, 4) is 17.4 Å². The van der Waals surface area contributed by atoms with E-state index in [1.54, 1.807) is 25.3 Å². The summed E-state index contributed by atoms with van der Waals surface area (Å²) in [6.07, 6.45) is 9.64. The lowest BCUT2D eigenvalue weighted by Gasteiger charge is -2.28. The smallest absolute Gasteiger partial charge is 0.407 e. The monoisotopic (exact) mass is 833 g/mol. The molecule has 4 aliphatic rings. The first-order valence-corrected chi connectivity index (χ1v) is 21.2. The Morgan fingerprint density at radius 1 is 1.09 bits per heavy atom. The van der Waals surface area contributed by atoms with Crippen molar-refractivity contribution in [2.24, 2.45) is 5.92 Å². The van der Waals surface area contributed by atoms with E-state index in [-0.39, 0.29) is 37.8 Å². The highest BCUT2D eigenvalue weighted by Gasteiger charge is 2.61. The van der Waals surface area contributed by atoms with Gasteiger partial charge in [0, 0.05) is 36.3 Å². The van der Waals surface area contributed by atoms with E-state index in [0.29, 0.717) is 58.6 Å². The van der Waals surface area contributed by atoms with E-state index in [9.17, 15) is 27.6 Å². The van der Waals surface area contributed by atoms with E-state index in [0.717, 1.165) is 38.4 Å². The van der Waals surface area contributed by atoms with Gasteiger partial charge in [-0.25, -0.2) is 18.2 Å². The number of nitrogens with one attached hydrogen (secondary N) is 3. The molecule has 2 saturated carbocycles. The Morgan fingerprint density at radius 2 is 1.85 bits per heavy atom. The number of hydrogen-bond acceptors (Lipinski definition) is 11. The second-order valence-electron chi connectivity index (χ2n) is 14.5. The van der Waals surface area contributed by atoms with Crippen LogP contribution in [-0.4, -0.2) is 98.5 Å². The van der Waals surface area contributed by atoms with Gasteiger partial charge in [0.15, 0.2) is 0 Å². The van der Waals surface area contributed by atoms with Crippen LogP contribution in [0.15, 0.2) is 34.8 Å². The van der Waals surface area contributed by atoms with Gasteiger partial charge in [-0.3, -0.25) is 19.1 Å². The van der Waals surface area contributed by atoms with Gasteiger partial charge in [0.05, 0.1) is 36.5 Å². The predicted molar refractivity (Wildman–Crippen MR) is 202 cm³/mol. The van der Waals surface area contributed by atoms with Gasteiger partial charge in [-0.1, -0.05) is 18.6 Å². The zero-order valence-corrected chi connectivity index (χ0v) is 33.1. The van der Waals surface area contributed by atoms with Crippen molar-refractivity contribution in [1.29, 1.82) is 0 Å². The first-order chi connectivity index (χ1) is 25.8. The largest absolute Gasteiger partial charge is 0.495 e. The molecule has 294 valence electrons. The summed E-state index contributed by atoms with van der Waals surface area (Å²) in [4.78, 5) is 60.9. The highest BCUT2D eigenvalue weighted by molar-refractivity contribution is 9.10. The number of halogens is 1. The van der Waals surface area contributed by atoms with Gasteiger partial charge in [-0.2, -0.15) is 0 Å². The average molecular weight is 835 g/mol. The highest BCUT2D eigenvalue weighted by Crippen LogP contribution is 2.46. The molecular formula is C37H48BrN5O10S. The van der Waals surface area contributed by atoms with Gasteiger partial charge < -0.3 is 34.5 Å². The summed E-state index contributed by atoms with van der Waals surface area (Å²) in [6, 6.07) is 3.61. The van der Waals surface area contributed by atoms with Crippen molar-refractivity contribution in [2.45, 2.75) is 107 Å². The molecule has 1 aromatic carbocycles. The summed E-state index contributed by atoms with van der Waals surface area (Å²) < 4.78 is 50.3. The minimum Gasteiger partial charge on any atom is -0.495 e. The summed E-state index contributed by atoms with van der Waals surface area (Å²) in [6.45, 7) is 2.20. The molecule has 3 heterocycles. The number of sulfonamides is 1. The van der Waals surface area contributed by atoms with Gasteiger partial charge in [0.25, 0.3) is 5.91 Å². The summed E-state index contributed by atoms with van der Waals surface area (Å²) >= 11 is 3.57. The van der Waals surface area contributed by atoms with Gasteiger partial charge in [0.2, 0.25) is 27.7 Å². The van der Waals surface area contributed by atoms with Crippen LogP contribution < -0.4 is 29.6 Å². The maximum atomic E-state index is 14.3. The van der Waals surface area contributed by atoms with E-state index in [4.69, 9.17) is 18.9 Å². The number of carbonyl (C=O) groups is 4. The molecule has 4 amide bonds. The molecule has 15 nitrogen and oxygen atoms in total. The Hall–Kier alpha value is -4.12. The molecular weight excluding hydrogens is 786 g/mol. The number of methoxy groups -OCH3 is 1. The third kappa shape index (κ3) is 9.21. The van der Waals surface area contributed by atoms with Crippen molar-refractivity contribution in [3.63, 3.8) is 0 Å². The maximum absolute atomic E-state index is 14.3. The third-order valence-corrected chi connectivity index (χ3v) is 11.7. The van der Waals surface area contributed by atoms with Crippen molar-refractivity contribution < 1.29 is 46.5 Å². The lowest BCUT2D eigenvalue weighted by Crippen LogP contribution is -2.56. The van der Waals surface area contributed by atoms with Crippen molar-refractivity contribution in [3.05, 3.63) is 34.8 Å². The first kappa shape index (κ1) is 39.6. The number of ether oxygens (including phenoxy) is 4. The first-order valence-electron chi connectivity index (χ1n) is 18.5. The number of pyridine rings is 1. The van der Waals surface area contributed by atoms with Crippen LogP contribution in [0.1, 0.15) is 77.6 Å². The number of allylic oxidation sites excluding steroid dienone is 1. The lowest BCUT2D eigenvalue weighted by molar-refractivity contribution is -0.140. The van der Waals surface area contributed by atoms with Crippen LogP contribution in [0.3, 0.4) is 0 Å². The van der Waals surface area contributed by atoms with E-state index in [1.165, 1.54) is 4.90 Å². The molecule has 3 N–H and O–H groups in total. The number of rotatable bonds is 9. The van der Waals surface area contributed by atoms with Crippen LogP contribution in [0.5, 0.6) is 17.4 Å². The summed E-state index contributed by atoms with van der Waals surface area (Å²) in [5.74, 6) is -1.000. The number of amides is 4. The summed E-state index contributed by atoms with van der Waals surface area (Å²) in [7, 11) is -2.38. The SMILES string of the molecule is CCOc1cc(O[C@@H]2C[C@H]3C(=O)N[C@]4(C(=O)NS(C)(=O)=O)C[C@@H]4/C=C\CCCC[C@H](NC(=O)OC4CCCC4)CC(=O)N3C2)c2ccc(OC)c(Br)c2n1. The van der Waals surface area contributed by atoms with Gasteiger partial charge in [-0.15, -0.1) is 0 Å². The molecule has 1 saturated heterocycles. The summed E-state index contributed by atoms with van der Waals surface area (Å²) in [5.41, 5.74) is -0.973. The van der Waals surface area contributed by atoms with Crippen molar-refractivity contribution in [1.82, 2.24) is 25.2 Å². The van der Waals surface area contributed by atoms with Crippen molar-refractivity contribution >= 4 is 60.7 Å².